The maximum absolute atomic E-state index is 13.7. The van der Waals surface area contributed by atoms with Gasteiger partial charge in [-0.1, -0.05) is 18.5 Å². The van der Waals surface area contributed by atoms with E-state index in [2.05, 4.69) is 25.6 Å². The number of aryl methyl sites for hydroxylation is 1. The first-order valence-electron chi connectivity index (χ1n) is 19.0. The van der Waals surface area contributed by atoms with Crippen LogP contribution in [0.3, 0.4) is 0 Å². The molecule has 306 valence electrons. The molecule has 3 aromatic rings. The third-order valence-electron chi connectivity index (χ3n) is 10.7. The molecule has 3 saturated carbocycles. The van der Waals surface area contributed by atoms with Gasteiger partial charge in [0.25, 0.3) is 11.5 Å². The Kier molecular flexibility index (Phi) is 14.8. The fraction of sp³-hybridized carbons (Fsp3) is 0.639. The first-order valence-corrected chi connectivity index (χ1v) is 20.4. The molecule has 2 bridgehead atoms. The maximum atomic E-state index is 13.7. The fourth-order valence-corrected chi connectivity index (χ4v) is 7.90. The highest BCUT2D eigenvalue weighted by atomic mass is 32.3. The van der Waals surface area contributed by atoms with Crippen LogP contribution in [0, 0.1) is 5.41 Å². The van der Waals surface area contributed by atoms with Gasteiger partial charge in [-0.25, -0.2) is 9.78 Å². The zero-order valence-electron chi connectivity index (χ0n) is 31.6. The van der Waals surface area contributed by atoms with Crippen LogP contribution in [0.4, 0.5) is 3.89 Å². The number of ether oxygens (including phenoxy) is 3. The Hall–Kier alpha value is -4.62. The third kappa shape index (κ3) is 10.2. The van der Waals surface area contributed by atoms with Crippen LogP contribution < -0.4 is 21.9 Å². The average molecular weight is 804 g/mol. The van der Waals surface area contributed by atoms with Gasteiger partial charge in [-0.05, 0) is 81.2 Å². The van der Waals surface area contributed by atoms with Crippen LogP contribution in [0.2, 0.25) is 0 Å². The summed E-state index contributed by atoms with van der Waals surface area (Å²) in [6.45, 7) is 5.45. The minimum absolute atomic E-state index is 0.0117. The summed E-state index contributed by atoms with van der Waals surface area (Å²) in [7, 11) is -4.89. The summed E-state index contributed by atoms with van der Waals surface area (Å²) in [5.41, 5.74) is 7.12. The minimum Gasteiger partial charge on any atom is -0.379 e. The number of azide groups is 1. The number of carbonyl (C=O) groups excluding carboxylic acids is 2. The van der Waals surface area contributed by atoms with Crippen LogP contribution in [-0.2, 0) is 47.7 Å². The van der Waals surface area contributed by atoms with E-state index in [1.807, 2.05) is 6.92 Å². The lowest BCUT2D eigenvalue weighted by Crippen LogP contribution is -2.52. The minimum atomic E-state index is -4.89. The molecule has 3 N–H and O–H groups in total. The number of nitrogens with one attached hydrogen (secondary N) is 3. The number of nitrogens with zero attached hydrogens (tertiary/aromatic N) is 6. The lowest BCUT2D eigenvalue weighted by atomic mass is 9.53. The molecule has 3 aliphatic rings. The number of imidazole rings is 1. The van der Waals surface area contributed by atoms with E-state index in [0.717, 1.165) is 18.6 Å². The summed E-state index contributed by atoms with van der Waals surface area (Å²) >= 11 is 0. The monoisotopic (exact) mass is 803 g/mol. The van der Waals surface area contributed by atoms with Gasteiger partial charge < -0.3 is 29.8 Å². The molecule has 2 aromatic heterocycles. The molecule has 0 aliphatic heterocycles. The molecule has 6 rings (SSSR count). The number of benzene rings is 1. The van der Waals surface area contributed by atoms with E-state index in [1.165, 1.54) is 21.3 Å². The summed E-state index contributed by atoms with van der Waals surface area (Å²) in [5.74, 6) is 0.160. The molecule has 0 radical (unpaired) electrons. The van der Waals surface area contributed by atoms with Gasteiger partial charge in [0.1, 0.15) is 11.3 Å². The van der Waals surface area contributed by atoms with Crippen molar-refractivity contribution in [2.24, 2.45) is 10.5 Å². The number of aromatic nitrogens is 4. The van der Waals surface area contributed by atoms with E-state index in [4.69, 9.17) is 24.7 Å². The van der Waals surface area contributed by atoms with Gasteiger partial charge in [-0.3, -0.25) is 23.5 Å². The number of rotatable bonds is 23. The second-order valence-corrected chi connectivity index (χ2v) is 15.6. The van der Waals surface area contributed by atoms with Gasteiger partial charge in [0.2, 0.25) is 5.91 Å². The van der Waals surface area contributed by atoms with Crippen LogP contribution in [0.5, 0.6) is 0 Å². The Balaban J connectivity index is 1.16. The summed E-state index contributed by atoms with van der Waals surface area (Å²) in [5, 5.41) is 9.16. The number of halogens is 1. The van der Waals surface area contributed by atoms with Crippen molar-refractivity contribution in [3.05, 3.63) is 66.9 Å². The van der Waals surface area contributed by atoms with Crippen LogP contribution in [0.25, 0.3) is 21.6 Å². The van der Waals surface area contributed by atoms with E-state index in [-0.39, 0.29) is 54.2 Å². The van der Waals surface area contributed by atoms with Crippen molar-refractivity contribution in [2.75, 3.05) is 59.3 Å². The molecular weight excluding hydrogens is 754 g/mol. The molecule has 56 heavy (non-hydrogen) atoms. The molecule has 2 heterocycles. The van der Waals surface area contributed by atoms with Crippen LogP contribution in [-0.4, -0.2) is 98.6 Å². The highest BCUT2D eigenvalue weighted by molar-refractivity contribution is 7.86. The van der Waals surface area contributed by atoms with Crippen LogP contribution in [0.1, 0.15) is 80.9 Å². The lowest BCUT2D eigenvalue weighted by molar-refractivity contribution is -0.138. The Morgan fingerprint density at radius 3 is 2.16 bits per heavy atom. The lowest BCUT2D eigenvalue weighted by Gasteiger charge is -2.51. The Morgan fingerprint density at radius 1 is 0.911 bits per heavy atom. The first kappa shape index (κ1) is 42.5. The molecule has 0 spiro atoms. The van der Waals surface area contributed by atoms with Gasteiger partial charge >= 0.3 is 15.9 Å². The van der Waals surface area contributed by atoms with Crippen molar-refractivity contribution in [3.63, 3.8) is 0 Å². The number of hydrogen-bond acceptors (Lipinski definition) is 11. The maximum Gasteiger partial charge on any atom is 0.332 e. The Morgan fingerprint density at radius 2 is 1.54 bits per heavy atom. The second-order valence-electron chi connectivity index (χ2n) is 14.2. The molecule has 0 unspecified atom stereocenters. The molecule has 3 fully saturated rings. The molecule has 0 saturated heterocycles. The number of hydrogen-bond donors (Lipinski definition) is 3. The van der Waals surface area contributed by atoms with Gasteiger partial charge in [0.05, 0.1) is 44.5 Å². The number of fused-ring (bicyclic) bond motifs is 4. The fourth-order valence-electron chi connectivity index (χ4n) is 7.44. The predicted octanol–water partition coefficient (Wildman–Crippen LogP) is 3.23. The van der Waals surface area contributed by atoms with Gasteiger partial charge in [-0.15, -0.1) is 3.89 Å². The number of carbonyl (C=O) groups is 2. The highest BCUT2D eigenvalue weighted by Crippen LogP contribution is 2.57. The van der Waals surface area contributed by atoms with Crippen molar-refractivity contribution >= 4 is 33.2 Å². The first-order chi connectivity index (χ1) is 26.9. The van der Waals surface area contributed by atoms with E-state index >= 15 is 0 Å². The summed E-state index contributed by atoms with van der Waals surface area (Å²) < 4.78 is 54.4. The van der Waals surface area contributed by atoms with Crippen molar-refractivity contribution in [1.29, 1.82) is 0 Å². The zero-order chi connectivity index (χ0) is 40.2. The largest absolute Gasteiger partial charge is 0.379 e. The van der Waals surface area contributed by atoms with E-state index in [0.29, 0.717) is 103 Å². The molecule has 2 amide bonds. The topological polar surface area (TPSA) is 241 Å². The van der Waals surface area contributed by atoms with Crippen molar-refractivity contribution in [2.45, 2.75) is 88.1 Å². The van der Waals surface area contributed by atoms with Gasteiger partial charge in [-0.2, -0.15) is 8.42 Å². The van der Waals surface area contributed by atoms with Gasteiger partial charge in [0, 0.05) is 54.0 Å². The van der Waals surface area contributed by atoms with E-state index < -0.39 is 37.7 Å². The Labute approximate surface area is 323 Å². The molecule has 3 aliphatic carbocycles. The molecule has 0 atom stereocenters. The SMILES string of the molecule is CCCCn1c(=O)c2[nH]c(C34CCC(C(=O)NCCOCCOCCOCCN=[N+]=[N-])(CC3)CC4)nc2n(CCCNC(=O)c2ccc(S(=O)(=O)F)cc2)c1=O. The van der Waals surface area contributed by atoms with Crippen LogP contribution in [0.15, 0.2) is 43.9 Å². The van der Waals surface area contributed by atoms with Crippen molar-refractivity contribution in [3.8, 4) is 0 Å². The predicted molar refractivity (Wildman–Crippen MR) is 203 cm³/mol. The number of unbranched alkanes of at least 4 members (excludes halogenated alkanes) is 1. The summed E-state index contributed by atoms with van der Waals surface area (Å²) in [4.78, 5) is 63.7. The summed E-state index contributed by atoms with van der Waals surface area (Å²) in [6, 6.07) is 4.45. The summed E-state index contributed by atoms with van der Waals surface area (Å²) in [6.07, 6.45) is 5.81. The van der Waals surface area contributed by atoms with E-state index in [9.17, 15) is 31.5 Å². The second kappa shape index (κ2) is 19.5. The quantitative estimate of drug-likeness (QED) is 0.0416. The Bertz CT molecular complexity index is 2090. The van der Waals surface area contributed by atoms with E-state index in [1.54, 1.807) is 0 Å². The van der Waals surface area contributed by atoms with Crippen molar-refractivity contribution < 1.29 is 36.1 Å². The third-order valence-corrected chi connectivity index (χ3v) is 11.6. The number of aromatic amines is 1. The smallest absolute Gasteiger partial charge is 0.332 e. The number of amides is 2. The normalized spacial score (nSPS) is 19.2. The van der Waals surface area contributed by atoms with Crippen LogP contribution >= 0.6 is 0 Å². The number of H-pyrrole nitrogens is 1. The average Bonchev–Trinajstić information content (AvgIpc) is 3.66. The standard InChI is InChI=1S/C36H50FN9O9S/c1-2-3-18-46-31(48)28-29(45(34(46)50)19-4-15-39-30(47)26-5-7-27(8-6-26)56(37,51)52)43-32(42-28)35-9-12-36(13-10-35,14-11-35)33(49)40-16-20-53-22-24-55-25-23-54-21-17-41-44-38/h5-8H,2-4,9-25H2,1H3,(H,39,47)(H,40,49)(H,42,43). The molecular formula is C36H50FN9O9S. The van der Waals surface area contributed by atoms with Crippen molar-refractivity contribution in [1.82, 2.24) is 29.7 Å². The molecule has 1 aromatic carbocycles. The van der Waals surface area contributed by atoms with Gasteiger partial charge in [0.15, 0.2) is 5.65 Å². The molecule has 18 nitrogen and oxygen atoms in total. The molecule has 20 heteroatoms. The highest BCUT2D eigenvalue weighted by Gasteiger charge is 2.54. The zero-order valence-corrected chi connectivity index (χ0v) is 32.4.